The maximum Gasteiger partial charge on any atom is 0.0280 e. The predicted molar refractivity (Wildman–Crippen MR) is 73.0 cm³/mol. The fraction of sp³-hybridized carbons (Fsp3) is 0.600. The van der Waals surface area contributed by atoms with Crippen LogP contribution in [-0.4, -0.2) is 30.1 Å². The van der Waals surface area contributed by atoms with E-state index < -0.39 is 0 Å². The molecular weight excluding hydrogens is 208 g/mol. The van der Waals surface area contributed by atoms with Crippen LogP contribution in [0, 0.1) is 0 Å². The normalized spacial score (nSPS) is 26.0. The van der Waals surface area contributed by atoms with E-state index in [0.29, 0.717) is 5.54 Å². The molecule has 0 bridgehead atoms. The van der Waals surface area contributed by atoms with Crippen molar-refractivity contribution in [2.75, 3.05) is 19.6 Å². The largest absolute Gasteiger partial charge is 0.311 e. The number of piperidine rings is 1. The fourth-order valence-corrected chi connectivity index (χ4v) is 2.89. The van der Waals surface area contributed by atoms with Gasteiger partial charge >= 0.3 is 0 Å². The van der Waals surface area contributed by atoms with Crippen LogP contribution in [0.15, 0.2) is 30.3 Å². The number of nitrogens with zero attached hydrogens (tertiary/aromatic N) is 1. The van der Waals surface area contributed by atoms with Crippen LogP contribution >= 0.6 is 0 Å². The lowest BCUT2D eigenvalue weighted by Gasteiger charge is -2.41. The van der Waals surface area contributed by atoms with Crippen molar-refractivity contribution in [1.29, 1.82) is 0 Å². The molecule has 0 aliphatic carbocycles. The molecule has 2 heteroatoms. The third-order valence-electron chi connectivity index (χ3n) is 3.63. The van der Waals surface area contributed by atoms with Crippen molar-refractivity contribution in [2.45, 2.75) is 38.8 Å². The zero-order valence-corrected chi connectivity index (χ0v) is 11.1. The Balaban J connectivity index is 1.94. The molecule has 1 heterocycles. The lowest BCUT2D eigenvalue weighted by atomic mass is 9.91. The summed E-state index contributed by atoms with van der Waals surface area (Å²) in [4.78, 5) is 2.57. The van der Waals surface area contributed by atoms with Gasteiger partial charge in [-0.15, -0.1) is 0 Å². The molecule has 1 saturated heterocycles. The summed E-state index contributed by atoms with van der Waals surface area (Å²) in [5.41, 5.74) is 1.73. The number of likely N-dealkylation sites (N-methyl/N-ethyl adjacent to an activating group) is 1. The molecule has 1 aliphatic heterocycles. The summed E-state index contributed by atoms with van der Waals surface area (Å²) in [5.74, 6) is 0. The molecule has 94 valence electrons. The molecule has 0 saturated carbocycles. The molecule has 1 N–H and O–H groups in total. The number of hydrogen-bond acceptors (Lipinski definition) is 2. The molecule has 0 spiro atoms. The molecular formula is C15H24N2. The summed E-state index contributed by atoms with van der Waals surface area (Å²) in [6, 6.07) is 10.8. The van der Waals surface area contributed by atoms with Gasteiger partial charge in [-0.05, 0) is 38.4 Å². The first-order valence-corrected chi connectivity index (χ1v) is 6.73. The number of rotatable bonds is 4. The van der Waals surface area contributed by atoms with Crippen LogP contribution in [0.25, 0.3) is 0 Å². The maximum absolute atomic E-state index is 3.63. The second kappa shape index (κ2) is 5.65. The van der Waals surface area contributed by atoms with Crippen molar-refractivity contribution >= 4 is 0 Å². The van der Waals surface area contributed by atoms with E-state index in [-0.39, 0.29) is 0 Å². The molecule has 1 aromatic rings. The van der Waals surface area contributed by atoms with Gasteiger partial charge in [0.15, 0.2) is 0 Å². The number of benzene rings is 1. The maximum atomic E-state index is 3.63. The van der Waals surface area contributed by atoms with Gasteiger partial charge in [-0.2, -0.15) is 0 Å². The number of nitrogens with one attached hydrogen (secondary N) is 1. The van der Waals surface area contributed by atoms with E-state index in [9.17, 15) is 0 Å². The van der Waals surface area contributed by atoms with Crippen molar-refractivity contribution in [3.05, 3.63) is 35.9 Å². The molecule has 2 nitrogen and oxygen atoms in total. The van der Waals surface area contributed by atoms with Crippen LogP contribution in [0.5, 0.6) is 0 Å². The van der Waals surface area contributed by atoms with Gasteiger partial charge in [-0.25, -0.2) is 0 Å². The SMILES string of the molecule is CCN[C@]1(C)CCCN(Cc2ccccc2)C1. The minimum absolute atomic E-state index is 0.307. The topological polar surface area (TPSA) is 15.3 Å². The van der Waals surface area contributed by atoms with Crippen molar-refractivity contribution in [2.24, 2.45) is 0 Å². The van der Waals surface area contributed by atoms with Gasteiger partial charge in [0.05, 0.1) is 0 Å². The zero-order valence-electron chi connectivity index (χ0n) is 11.1. The van der Waals surface area contributed by atoms with Crippen LogP contribution in [0.2, 0.25) is 0 Å². The average molecular weight is 232 g/mol. The summed E-state index contributed by atoms with van der Waals surface area (Å²) in [6.07, 6.45) is 2.60. The molecule has 1 atom stereocenters. The molecule has 1 fully saturated rings. The Morgan fingerprint density at radius 2 is 2.06 bits per heavy atom. The van der Waals surface area contributed by atoms with Crippen molar-refractivity contribution in [1.82, 2.24) is 10.2 Å². The summed E-state index contributed by atoms with van der Waals surface area (Å²) in [7, 11) is 0. The van der Waals surface area contributed by atoms with Crippen molar-refractivity contribution in [3.63, 3.8) is 0 Å². The minimum Gasteiger partial charge on any atom is -0.311 e. The molecule has 0 radical (unpaired) electrons. The van der Waals surface area contributed by atoms with Crippen LogP contribution in [0.1, 0.15) is 32.3 Å². The summed E-state index contributed by atoms with van der Waals surface area (Å²) < 4.78 is 0. The Hall–Kier alpha value is -0.860. The molecule has 1 aromatic carbocycles. The van der Waals surface area contributed by atoms with E-state index in [4.69, 9.17) is 0 Å². The smallest absolute Gasteiger partial charge is 0.0280 e. The van der Waals surface area contributed by atoms with E-state index in [2.05, 4.69) is 54.4 Å². The predicted octanol–water partition coefficient (Wildman–Crippen LogP) is 2.65. The second-order valence-electron chi connectivity index (χ2n) is 5.39. The highest BCUT2D eigenvalue weighted by Crippen LogP contribution is 2.21. The third-order valence-corrected chi connectivity index (χ3v) is 3.63. The van der Waals surface area contributed by atoms with Gasteiger partial charge in [0.25, 0.3) is 0 Å². The van der Waals surface area contributed by atoms with Crippen molar-refractivity contribution in [3.8, 4) is 0 Å². The summed E-state index contributed by atoms with van der Waals surface area (Å²) in [5, 5.41) is 3.63. The quantitative estimate of drug-likeness (QED) is 0.858. The van der Waals surface area contributed by atoms with E-state index in [1.807, 2.05) is 0 Å². The summed E-state index contributed by atoms with van der Waals surface area (Å²) >= 11 is 0. The van der Waals surface area contributed by atoms with Gasteiger partial charge in [0, 0.05) is 18.6 Å². The zero-order chi connectivity index (χ0) is 12.1. The van der Waals surface area contributed by atoms with E-state index in [0.717, 1.165) is 19.6 Å². The van der Waals surface area contributed by atoms with Crippen LogP contribution in [0.3, 0.4) is 0 Å². The van der Waals surface area contributed by atoms with Gasteiger partial charge in [-0.3, -0.25) is 4.90 Å². The molecule has 0 amide bonds. The molecule has 0 aromatic heterocycles. The Labute approximate surface area is 105 Å². The highest BCUT2D eigenvalue weighted by atomic mass is 15.2. The minimum atomic E-state index is 0.307. The standard InChI is InChI=1S/C15H24N2/c1-3-16-15(2)10-7-11-17(13-15)12-14-8-5-4-6-9-14/h4-6,8-9,16H,3,7,10-13H2,1-2H3/t15-/m1/s1. The molecule has 1 aliphatic rings. The Morgan fingerprint density at radius 3 is 2.76 bits per heavy atom. The number of hydrogen-bond donors (Lipinski definition) is 1. The van der Waals surface area contributed by atoms with Gasteiger partial charge < -0.3 is 5.32 Å². The van der Waals surface area contributed by atoms with E-state index in [1.165, 1.54) is 24.9 Å². The monoisotopic (exact) mass is 232 g/mol. The highest BCUT2D eigenvalue weighted by Gasteiger charge is 2.29. The van der Waals surface area contributed by atoms with E-state index >= 15 is 0 Å². The first-order valence-electron chi connectivity index (χ1n) is 6.73. The Bertz CT molecular complexity index is 332. The lowest BCUT2D eigenvalue weighted by molar-refractivity contribution is 0.128. The first-order chi connectivity index (χ1) is 8.22. The highest BCUT2D eigenvalue weighted by molar-refractivity contribution is 5.14. The third kappa shape index (κ3) is 3.55. The first kappa shape index (κ1) is 12.6. The summed E-state index contributed by atoms with van der Waals surface area (Å²) in [6.45, 7) is 9.10. The van der Waals surface area contributed by atoms with Crippen LogP contribution < -0.4 is 5.32 Å². The lowest BCUT2D eigenvalue weighted by Crippen LogP contribution is -2.54. The Morgan fingerprint density at radius 1 is 1.29 bits per heavy atom. The van der Waals surface area contributed by atoms with Crippen LogP contribution in [0.4, 0.5) is 0 Å². The van der Waals surface area contributed by atoms with Gasteiger partial charge in [0.1, 0.15) is 0 Å². The van der Waals surface area contributed by atoms with Crippen molar-refractivity contribution < 1.29 is 0 Å². The number of likely N-dealkylation sites (tertiary alicyclic amines) is 1. The van der Waals surface area contributed by atoms with E-state index in [1.54, 1.807) is 0 Å². The molecule has 2 rings (SSSR count). The molecule has 17 heavy (non-hydrogen) atoms. The fourth-order valence-electron chi connectivity index (χ4n) is 2.89. The molecule has 0 unspecified atom stereocenters. The van der Waals surface area contributed by atoms with Gasteiger partial charge in [0.2, 0.25) is 0 Å². The van der Waals surface area contributed by atoms with Gasteiger partial charge in [-0.1, -0.05) is 37.3 Å². The van der Waals surface area contributed by atoms with Crippen LogP contribution in [-0.2, 0) is 6.54 Å². The average Bonchev–Trinajstić information content (AvgIpc) is 2.30. The second-order valence-corrected chi connectivity index (χ2v) is 5.39. The Kier molecular flexibility index (Phi) is 4.19.